The lowest BCUT2D eigenvalue weighted by Crippen LogP contribution is -2.03. The third-order valence-corrected chi connectivity index (χ3v) is 2.23. The van der Waals surface area contributed by atoms with Crippen molar-refractivity contribution in [1.82, 2.24) is 0 Å². The number of rotatable bonds is 1. The summed E-state index contributed by atoms with van der Waals surface area (Å²) in [5.41, 5.74) is 0. The Morgan fingerprint density at radius 3 is 2.44 bits per heavy atom. The maximum absolute atomic E-state index is 10.8. The van der Waals surface area contributed by atoms with E-state index in [0.717, 1.165) is 19.3 Å². The Kier molecular flexibility index (Phi) is 1.89. The lowest BCUT2D eigenvalue weighted by Gasteiger charge is -2.10. The number of carbonyl (C=O) groups is 1. The Hall–Kier alpha value is -0.330. The average Bonchev–Trinajstić information content (AvgIpc) is 2.14. The molecular formula is C8H14O. The van der Waals surface area contributed by atoms with E-state index in [2.05, 4.69) is 13.8 Å². The topological polar surface area (TPSA) is 17.1 Å². The van der Waals surface area contributed by atoms with Crippen LogP contribution in [-0.4, -0.2) is 5.78 Å². The van der Waals surface area contributed by atoms with Gasteiger partial charge < -0.3 is 0 Å². The SMILES string of the molecule is CC(C)[C@@H]1CCC(=O)C1. The molecule has 0 heterocycles. The zero-order valence-corrected chi connectivity index (χ0v) is 6.18. The largest absolute Gasteiger partial charge is 0.300 e. The molecule has 0 N–H and O–H groups in total. The normalized spacial score (nSPS) is 27.9. The summed E-state index contributed by atoms with van der Waals surface area (Å²) in [7, 11) is 0. The van der Waals surface area contributed by atoms with Crippen LogP contribution in [0.3, 0.4) is 0 Å². The van der Waals surface area contributed by atoms with Gasteiger partial charge >= 0.3 is 0 Å². The van der Waals surface area contributed by atoms with E-state index in [-0.39, 0.29) is 0 Å². The highest BCUT2D eigenvalue weighted by molar-refractivity contribution is 5.80. The van der Waals surface area contributed by atoms with Gasteiger partial charge in [-0.25, -0.2) is 0 Å². The molecule has 0 amide bonds. The van der Waals surface area contributed by atoms with Gasteiger partial charge in [0, 0.05) is 12.8 Å². The Morgan fingerprint density at radius 1 is 1.56 bits per heavy atom. The summed E-state index contributed by atoms with van der Waals surface area (Å²) in [5, 5.41) is 0. The maximum atomic E-state index is 10.8. The minimum atomic E-state index is 0.466. The Morgan fingerprint density at radius 2 is 2.22 bits per heavy atom. The highest BCUT2D eigenvalue weighted by Gasteiger charge is 2.23. The molecule has 0 radical (unpaired) electrons. The van der Waals surface area contributed by atoms with Gasteiger partial charge in [-0.2, -0.15) is 0 Å². The van der Waals surface area contributed by atoms with Crippen LogP contribution < -0.4 is 0 Å². The van der Waals surface area contributed by atoms with Crippen molar-refractivity contribution in [3.8, 4) is 0 Å². The van der Waals surface area contributed by atoms with Crippen LogP contribution in [0.25, 0.3) is 0 Å². The molecule has 1 atom stereocenters. The fraction of sp³-hybridized carbons (Fsp3) is 0.875. The molecule has 0 saturated heterocycles. The lowest BCUT2D eigenvalue weighted by molar-refractivity contribution is -0.117. The Balaban J connectivity index is 2.39. The van der Waals surface area contributed by atoms with Crippen LogP contribution in [0.15, 0.2) is 0 Å². The first-order valence-electron chi connectivity index (χ1n) is 3.72. The van der Waals surface area contributed by atoms with Crippen molar-refractivity contribution >= 4 is 5.78 Å². The van der Waals surface area contributed by atoms with Crippen LogP contribution in [-0.2, 0) is 4.79 Å². The molecule has 1 heteroatoms. The summed E-state index contributed by atoms with van der Waals surface area (Å²) in [6.45, 7) is 4.40. The van der Waals surface area contributed by atoms with E-state index < -0.39 is 0 Å². The number of hydrogen-bond donors (Lipinski definition) is 0. The molecule has 0 aromatic heterocycles. The summed E-state index contributed by atoms with van der Waals surface area (Å²) in [6.07, 6.45) is 2.82. The smallest absolute Gasteiger partial charge is 0.133 e. The van der Waals surface area contributed by atoms with Crippen LogP contribution in [0.4, 0.5) is 0 Å². The van der Waals surface area contributed by atoms with E-state index in [1.807, 2.05) is 0 Å². The molecule has 0 unspecified atom stereocenters. The third-order valence-electron chi connectivity index (χ3n) is 2.23. The van der Waals surface area contributed by atoms with Gasteiger partial charge in [-0.15, -0.1) is 0 Å². The van der Waals surface area contributed by atoms with E-state index in [1.54, 1.807) is 0 Å². The molecular weight excluding hydrogens is 112 g/mol. The molecule has 0 bridgehead atoms. The molecule has 52 valence electrons. The molecule has 0 spiro atoms. The molecule has 0 aromatic rings. The first-order chi connectivity index (χ1) is 4.20. The van der Waals surface area contributed by atoms with Gasteiger partial charge in [-0.05, 0) is 18.3 Å². The highest BCUT2D eigenvalue weighted by atomic mass is 16.1. The first-order valence-corrected chi connectivity index (χ1v) is 3.72. The van der Waals surface area contributed by atoms with Gasteiger partial charge in [0.25, 0.3) is 0 Å². The number of Topliss-reactive ketones (excluding diaryl/α,β-unsaturated/α-hetero) is 1. The summed E-state index contributed by atoms with van der Waals surface area (Å²) >= 11 is 0. The van der Waals surface area contributed by atoms with Crippen molar-refractivity contribution in [1.29, 1.82) is 0 Å². The van der Waals surface area contributed by atoms with Crippen LogP contribution in [0.1, 0.15) is 33.1 Å². The monoisotopic (exact) mass is 126 g/mol. The van der Waals surface area contributed by atoms with Crippen molar-refractivity contribution < 1.29 is 4.79 Å². The Labute approximate surface area is 56.4 Å². The molecule has 9 heavy (non-hydrogen) atoms. The standard InChI is InChI=1S/C8H14O/c1-6(2)7-3-4-8(9)5-7/h6-7H,3-5H2,1-2H3/t7-/m1/s1. The van der Waals surface area contributed by atoms with Crippen LogP contribution >= 0.6 is 0 Å². The minimum Gasteiger partial charge on any atom is -0.300 e. The zero-order valence-electron chi connectivity index (χ0n) is 6.18. The van der Waals surface area contributed by atoms with Gasteiger partial charge in [0.15, 0.2) is 0 Å². The second-order valence-electron chi connectivity index (χ2n) is 3.29. The third kappa shape index (κ3) is 1.54. The van der Waals surface area contributed by atoms with Crippen molar-refractivity contribution in [3.63, 3.8) is 0 Å². The lowest BCUT2D eigenvalue weighted by atomic mass is 9.95. The molecule has 1 rings (SSSR count). The van der Waals surface area contributed by atoms with Gasteiger partial charge in [0.1, 0.15) is 5.78 Å². The summed E-state index contributed by atoms with van der Waals surface area (Å²) in [5.74, 6) is 1.86. The van der Waals surface area contributed by atoms with Crippen molar-refractivity contribution in [2.24, 2.45) is 11.8 Å². The zero-order chi connectivity index (χ0) is 6.85. The molecule has 0 aliphatic heterocycles. The van der Waals surface area contributed by atoms with Gasteiger partial charge in [-0.1, -0.05) is 13.8 Å². The summed E-state index contributed by atoms with van der Waals surface area (Å²) < 4.78 is 0. The quantitative estimate of drug-likeness (QED) is 0.525. The number of ketones is 1. The first kappa shape index (κ1) is 6.79. The predicted molar refractivity (Wildman–Crippen MR) is 37.2 cm³/mol. The Bertz CT molecular complexity index is 116. The van der Waals surface area contributed by atoms with Crippen molar-refractivity contribution in [3.05, 3.63) is 0 Å². The van der Waals surface area contributed by atoms with E-state index in [0.29, 0.717) is 17.6 Å². The molecule has 1 nitrogen and oxygen atoms in total. The molecule has 0 aromatic carbocycles. The number of hydrogen-bond acceptors (Lipinski definition) is 1. The fourth-order valence-electron chi connectivity index (χ4n) is 1.41. The predicted octanol–water partition coefficient (Wildman–Crippen LogP) is 2.01. The van der Waals surface area contributed by atoms with E-state index in [4.69, 9.17) is 0 Å². The molecule has 1 aliphatic rings. The van der Waals surface area contributed by atoms with Gasteiger partial charge in [-0.3, -0.25) is 4.79 Å². The van der Waals surface area contributed by atoms with Crippen LogP contribution in [0.5, 0.6) is 0 Å². The van der Waals surface area contributed by atoms with Crippen molar-refractivity contribution in [2.45, 2.75) is 33.1 Å². The number of carbonyl (C=O) groups excluding carboxylic acids is 1. The van der Waals surface area contributed by atoms with Gasteiger partial charge in [0.2, 0.25) is 0 Å². The summed E-state index contributed by atoms with van der Waals surface area (Å²) in [6, 6.07) is 0. The molecule has 1 fully saturated rings. The minimum absolute atomic E-state index is 0.466. The summed E-state index contributed by atoms with van der Waals surface area (Å²) in [4.78, 5) is 10.8. The van der Waals surface area contributed by atoms with Crippen molar-refractivity contribution in [2.75, 3.05) is 0 Å². The second kappa shape index (κ2) is 2.51. The highest BCUT2D eigenvalue weighted by Crippen LogP contribution is 2.28. The van der Waals surface area contributed by atoms with E-state index in [1.165, 1.54) is 0 Å². The maximum Gasteiger partial charge on any atom is 0.133 e. The fourth-order valence-corrected chi connectivity index (χ4v) is 1.41. The van der Waals surface area contributed by atoms with E-state index >= 15 is 0 Å². The van der Waals surface area contributed by atoms with Crippen LogP contribution in [0, 0.1) is 11.8 Å². The second-order valence-corrected chi connectivity index (χ2v) is 3.29. The molecule has 1 aliphatic carbocycles. The average molecular weight is 126 g/mol. The van der Waals surface area contributed by atoms with E-state index in [9.17, 15) is 4.79 Å². The van der Waals surface area contributed by atoms with Gasteiger partial charge in [0.05, 0.1) is 0 Å². The van der Waals surface area contributed by atoms with Crippen LogP contribution in [0.2, 0.25) is 0 Å². The molecule has 1 saturated carbocycles.